The van der Waals surface area contributed by atoms with Gasteiger partial charge in [0.1, 0.15) is 0 Å². The summed E-state index contributed by atoms with van der Waals surface area (Å²) >= 11 is 0. The van der Waals surface area contributed by atoms with E-state index in [1.807, 2.05) is 6.08 Å². The number of aliphatic hydroxyl groups excluding tert-OH is 1. The lowest BCUT2D eigenvalue weighted by Gasteiger charge is -2.40. The first-order chi connectivity index (χ1) is 13.2. The van der Waals surface area contributed by atoms with Gasteiger partial charge < -0.3 is 9.53 Å². The van der Waals surface area contributed by atoms with E-state index in [0.29, 0.717) is 5.92 Å². The van der Waals surface area contributed by atoms with Crippen molar-refractivity contribution in [3.63, 3.8) is 0 Å². The first kappa shape index (κ1) is 27.9. The molecule has 1 N–H and O–H groups in total. The van der Waals surface area contributed by atoms with Crippen LogP contribution in [-0.4, -0.2) is 26.1 Å². The molecule has 2 nitrogen and oxygen atoms in total. The van der Waals surface area contributed by atoms with Crippen LogP contribution in [-0.2, 0) is 4.43 Å². The van der Waals surface area contributed by atoms with Gasteiger partial charge in [0.2, 0.25) is 0 Å². The molecule has 168 valence electrons. The first-order valence-electron chi connectivity index (χ1n) is 12.1. The number of rotatable bonds is 17. The number of hydrogen-bond donors (Lipinski definition) is 1. The first-order valence-corrected chi connectivity index (χ1v) is 15.0. The van der Waals surface area contributed by atoms with Crippen molar-refractivity contribution in [2.75, 3.05) is 6.61 Å². The van der Waals surface area contributed by atoms with Gasteiger partial charge >= 0.3 is 0 Å². The predicted octanol–water partition coefficient (Wildman–Crippen LogP) is 8.26. The Balaban J connectivity index is 4.20. The fraction of sp³-hybridized carbons (Fsp3) is 0.920. The van der Waals surface area contributed by atoms with Crippen molar-refractivity contribution < 1.29 is 9.53 Å². The van der Waals surface area contributed by atoms with Crippen molar-refractivity contribution in [1.29, 1.82) is 0 Å². The zero-order chi connectivity index (χ0) is 21.5. The summed E-state index contributed by atoms with van der Waals surface area (Å²) in [5.41, 5.74) is 0. The molecule has 0 aromatic rings. The molecule has 0 radical (unpaired) electrons. The largest absolute Gasteiger partial charge is 0.413 e. The van der Waals surface area contributed by atoms with Crippen LogP contribution in [0.4, 0.5) is 0 Å². The quantitative estimate of drug-likeness (QED) is 0.148. The van der Waals surface area contributed by atoms with Crippen LogP contribution in [0.25, 0.3) is 0 Å². The summed E-state index contributed by atoms with van der Waals surface area (Å²) in [5.74, 6) is 0.365. The molecular formula is C25H52O2Si. The number of hydrogen-bond acceptors (Lipinski definition) is 2. The highest BCUT2D eigenvalue weighted by Gasteiger charge is 2.39. The van der Waals surface area contributed by atoms with Crippen molar-refractivity contribution in [3.05, 3.63) is 12.2 Å². The molecule has 0 amide bonds. The molecule has 0 fully saturated rings. The second kappa shape index (κ2) is 15.7. The van der Waals surface area contributed by atoms with Gasteiger partial charge in [-0.2, -0.15) is 0 Å². The summed E-state index contributed by atoms with van der Waals surface area (Å²) in [6.07, 6.45) is 20.6. The van der Waals surface area contributed by atoms with E-state index in [1.165, 1.54) is 70.6 Å². The Morgan fingerprint density at radius 2 is 1.32 bits per heavy atom. The number of unbranched alkanes of at least 4 members (excludes halogenated alkanes) is 10. The van der Waals surface area contributed by atoms with Crippen molar-refractivity contribution in [2.45, 2.75) is 136 Å². The molecule has 0 bridgehead atoms. The molecule has 0 spiro atoms. The van der Waals surface area contributed by atoms with E-state index in [-0.39, 0.29) is 17.7 Å². The van der Waals surface area contributed by atoms with E-state index in [9.17, 15) is 0 Å². The highest BCUT2D eigenvalue weighted by molar-refractivity contribution is 6.74. The molecule has 0 aromatic heterocycles. The molecule has 2 atom stereocenters. The summed E-state index contributed by atoms with van der Waals surface area (Å²) < 4.78 is 6.76. The van der Waals surface area contributed by atoms with E-state index in [2.05, 4.69) is 53.8 Å². The predicted molar refractivity (Wildman–Crippen MR) is 129 cm³/mol. The molecule has 3 heteroatoms. The lowest BCUT2D eigenvalue weighted by molar-refractivity contribution is 0.132. The highest BCUT2D eigenvalue weighted by Crippen LogP contribution is 2.38. The molecule has 0 saturated carbocycles. The number of aliphatic hydroxyl groups is 1. The van der Waals surface area contributed by atoms with Crippen molar-refractivity contribution in [1.82, 2.24) is 0 Å². The Hall–Kier alpha value is -0.123. The Labute approximate surface area is 178 Å². The Morgan fingerprint density at radius 1 is 0.857 bits per heavy atom. The minimum absolute atomic E-state index is 0.121. The monoisotopic (exact) mass is 412 g/mol. The van der Waals surface area contributed by atoms with Crippen molar-refractivity contribution in [2.24, 2.45) is 5.92 Å². The third-order valence-electron chi connectivity index (χ3n) is 6.48. The van der Waals surface area contributed by atoms with Gasteiger partial charge in [0.25, 0.3) is 0 Å². The van der Waals surface area contributed by atoms with Crippen LogP contribution in [0.2, 0.25) is 18.1 Å². The minimum Gasteiger partial charge on any atom is -0.413 e. The SMILES string of the molecule is CCCCCCCCCCCCC[C@@H](O[Si](C)(C)C(C)(C)C)[C@H](C)/C=C/CO. The topological polar surface area (TPSA) is 29.5 Å². The third-order valence-corrected chi connectivity index (χ3v) is 11.0. The maximum Gasteiger partial charge on any atom is 0.192 e. The average molecular weight is 413 g/mol. The molecule has 28 heavy (non-hydrogen) atoms. The normalized spacial score (nSPS) is 15.3. The van der Waals surface area contributed by atoms with Crippen LogP contribution in [0.15, 0.2) is 12.2 Å². The van der Waals surface area contributed by atoms with Crippen molar-refractivity contribution >= 4 is 8.32 Å². The lowest BCUT2D eigenvalue weighted by Crippen LogP contribution is -2.45. The molecule has 0 heterocycles. The van der Waals surface area contributed by atoms with Crippen LogP contribution in [0.3, 0.4) is 0 Å². The van der Waals surface area contributed by atoms with Gasteiger partial charge in [0, 0.05) is 0 Å². The summed E-state index contributed by atoms with van der Waals surface area (Å²) in [6.45, 7) is 16.3. The minimum atomic E-state index is -1.77. The zero-order valence-electron chi connectivity index (χ0n) is 20.4. The van der Waals surface area contributed by atoms with Crippen LogP contribution < -0.4 is 0 Å². The molecule has 0 unspecified atom stereocenters. The van der Waals surface area contributed by atoms with Gasteiger partial charge in [-0.05, 0) is 30.5 Å². The molecule has 0 saturated heterocycles. The van der Waals surface area contributed by atoms with Crippen LogP contribution in [0.1, 0.15) is 112 Å². The second-order valence-corrected chi connectivity index (χ2v) is 15.0. The van der Waals surface area contributed by atoms with Gasteiger partial charge in [-0.3, -0.25) is 0 Å². The fourth-order valence-corrected chi connectivity index (χ4v) is 4.84. The molecule has 0 aromatic carbocycles. The molecular weight excluding hydrogens is 360 g/mol. The van der Waals surface area contributed by atoms with Gasteiger partial charge in [0.05, 0.1) is 12.7 Å². The van der Waals surface area contributed by atoms with Crippen molar-refractivity contribution in [3.8, 4) is 0 Å². The standard InChI is InChI=1S/C25H52O2Si/c1-8-9-10-11-12-13-14-15-16-17-18-21-24(23(2)20-19-22-26)27-28(6,7)25(3,4)5/h19-20,23-24,26H,8-18,21-22H2,1-7H3/b20-19+/t23-,24-/m1/s1. The summed E-state index contributed by atoms with van der Waals surface area (Å²) in [6, 6.07) is 0. The summed E-state index contributed by atoms with van der Waals surface area (Å²) in [4.78, 5) is 0. The van der Waals surface area contributed by atoms with Crippen LogP contribution >= 0.6 is 0 Å². The van der Waals surface area contributed by atoms with Gasteiger partial charge in [-0.25, -0.2) is 0 Å². The molecule has 0 aliphatic carbocycles. The maximum absolute atomic E-state index is 9.12. The van der Waals surface area contributed by atoms with E-state index in [0.717, 1.165) is 6.42 Å². The van der Waals surface area contributed by atoms with Crippen LogP contribution in [0, 0.1) is 5.92 Å². The highest BCUT2D eigenvalue weighted by atomic mass is 28.4. The van der Waals surface area contributed by atoms with E-state index in [4.69, 9.17) is 9.53 Å². The van der Waals surface area contributed by atoms with Gasteiger partial charge in [0.15, 0.2) is 8.32 Å². The fourth-order valence-electron chi connectivity index (χ4n) is 3.39. The second-order valence-electron chi connectivity index (χ2n) is 10.2. The van der Waals surface area contributed by atoms with Gasteiger partial charge in [-0.1, -0.05) is 117 Å². The summed E-state index contributed by atoms with van der Waals surface area (Å²) in [7, 11) is -1.77. The lowest BCUT2D eigenvalue weighted by atomic mass is 9.98. The van der Waals surface area contributed by atoms with E-state index < -0.39 is 8.32 Å². The van der Waals surface area contributed by atoms with Crippen LogP contribution in [0.5, 0.6) is 0 Å². The smallest absolute Gasteiger partial charge is 0.192 e. The van der Waals surface area contributed by atoms with E-state index in [1.54, 1.807) is 0 Å². The Morgan fingerprint density at radius 3 is 1.75 bits per heavy atom. The maximum atomic E-state index is 9.12. The van der Waals surface area contributed by atoms with Gasteiger partial charge in [-0.15, -0.1) is 0 Å². The Kier molecular flexibility index (Phi) is 15.6. The molecule has 0 aliphatic heterocycles. The van der Waals surface area contributed by atoms with E-state index >= 15 is 0 Å². The summed E-state index contributed by atoms with van der Waals surface area (Å²) in [5, 5.41) is 9.36. The Bertz CT molecular complexity index is 384. The average Bonchev–Trinajstić information content (AvgIpc) is 2.62. The molecule has 0 aliphatic rings. The zero-order valence-corrected chi connectivity index (χ0v) is 21.4. The third kappa shape index (κ3) is 13.2. The molecule has 0 rings (SSSR count).